The average molecular weight is 375 g/mol. The molecule has 1 aromatic carbocycles. The number of halogens is 4. The van der Waals surface area contributed by atoms with Gasteiger partial charge in [-0.05, 0) is 36.2 Å². The van der Waals surface area contributed by atoms with Crippen molar-refractivity contribution in [3.63, 3.8) is 0 Å². The monoisotopic (exact) mass is 375 g/mol. The Hall–Kier alpha value is -2.42. The summed E-state index contributed by atoms with van der Waals surface area (Å²) in [5.41, 5.74) is 1.32. The molecular weight excluding hydrogens is 362 g/mol. The molecule has 2 aromatic rings. The van der Waals surface area contributed by atoms with Crippen LogP contribution in [0.2, 0.25) is 0 Å². The first-order valence-electron chi connectivity index (χ1n) is 7.03. The summed E-state index contributed by atoms with van der Waals surface area (Å²) in [6.45, 7) is 1.69. The zero-order valence-electron chi connectivity index (χ0n) is 12.9. The van der Waals surface area contributed by atoms with Crippen LogP contribution >= 0.6 is 11.3 Å². The molecule has 134 valence electrons. The lowest BCUT2D eigenvalue weighted by atomic mass is 10.1. The first kappa shape index (κ1) is 18.9. The maximum atomic E-state index is 13.0. The third-order valence-electron chi connectivity index (χ3n) is 3.29. The van der Waals surface area contributed by atoms with Crippen molar-refractivity contribution in [2.45, 2.75) is 25.6 Å². The van der Waals surface area contributed by atoms with E-state index in [1.54, 1.807) is 6.92 Å². The van der Waals surface area contributed by atoms with Gasteiger partial charge < -0.3 is 10.4 Å². The summed E-state index contributed by atoms with van der Waals surface area (Å²) in [6, 6.07) is 4.91. The minimum Gasteiger partial charge on any atom is -0.480 e. The molecule has 0 aliphatic carbocycles. The number of carbonyl (C=O) groups excluding carboxylic acids is 1. The van der Waals surface area contributed by atoms with Crippen LogP contribution in [0.4, 0.5) is 17.6 Å². The van der Waals surface area contributed by atoms with Gasteiger partial charge in [-0.3, -0.25) is 4.79 Å². The fraction of sp³-hybridized carbons (Fsp3) is 0.250. The Morgan fingerprint density at radius 2 is 1.84 bits per heavy atom. The van der Waals surface area contributed by atoms with E-state index < -0.39 is 36.3 Å². The third kappa shape index (κ3) is 5.02. The highest BCUT2D eigenvalue weighted by Crippen LogP contribution is 2.32. The van der Waals surface area contributed by atoms with E-state index in [2.05, 4.69) is 0 Å². The van der Waals surface area contributed by atoms with Crippen LogP contribution in [0.3, 0.4) is 0 Å². The number of alkyl halides is 3. The van der Waals surface area contributed by atoms with E-state index in [1.807, 2.05) is 5.32 Å². The maximum absolute atomic E-state index is 13.0. The van der Waals surface area contributed by atoms with Crippen molar-refractivity contribution in [2.75, 3.05) is 0 Å². The number of benzene rings is 1. The van der Waals surface area contributed by atoms with Gasteiger partial charge in [-0.15, -0.1) is 11.3 Å². The van der Waals surface area contributed by atoms with Crippen LogP contribution in [0, 0.1) is 12.7 Å². The average Bonchev–Trinajstić information content (AvgIpc) is 2.88. The van der Waals surface area contributed by atoms with Crippen LogP contribution < -0.4 is 5.32 Å². The molecule has 2 N–H and O–H groups in total. The highest BCUT2D eigenvalue weighted by atomic mass is 32.1. The molecule has 1 aromatic heterocycles. The van der Waals surface area contributed by atoms with Crippen molar-refractivity contribution in [1.82, 2.24) is 5.32 Å². The van der Waals surface area contributed by atoms with Crippen LogP contribution in [0.25, 0.3) is 10.4 Å². The molecule has 0 aliphatic heterocycles. The summed E-state index contributed by atoms with van der Waals surface area (Å²) in [5.74, 6) is -3.09. The Bertz CT molecular complexity index is 784. The molecule has 4 nitrogen and oxygen atoms in total. The summed E-state index contributed by atoms with van der Waals surface area (Å²) in [7, 11) is 0. The molecule has 0 radical (unpaired) electrons. The number of aryl methyl sites for hydroxylation is 1. The summed E-state index contributed by atoms with van der Waals surface area (Å²) < 4.78 is 50.2. The minimum atomic E-state index is -4.72. The Labute approximate surface area is 144 Å². The van der Waals surface area contributed by atoms with Gasteiger partial charge in [-0.2, -0.15) is 13.2 Å². The first-order chi connectivity index (χ1) is 11.6. The SMILES string of the molecule is Cc1cc(C(=O)NC(CC(F)(F)F)C(=O)O)sc1-c1ccc(F)cc1. The van der Waals surface area contributed by atoms with Crippen molar-refractivity contribution in [3.8, 4) is 10.4 Å². The molecule has 1 unspecified atom stereocenters. The predicted molar refractivity (Wildman–Crippen MR) is 84.0 cm³/mol. The highest BCUT2D eigenvalue weighted by molar-refractivity contribution is 7.17. The summed E-state index contributed by atoms with van der Waals surface area (Å²) in [4.78, 5) is 23.7. The van der Waals surface area contributed by atoms with Crippen molar-refractivity contribution in [3.05, 3.63) is 46.6 Å². The molecule has 0 spiro atoms. The number of hydrogen-bond acceptors (Lipinski definition) is 3. The van der Waals surface area contributed by atoms with Crippen LogP contribution in [0.5, 0.6) is 0 Å². The molecule has 1 amide bonds. The van der Waals surface area contributed by atoms with E-state index in [0.717, 1.165) is 11.3 Å². The molecule has 0 aliphatic rings. The number of rotatable bonds is 5. The largest absolute Gasteiger partial charge is 0.480 e. The molecule has 25 heavy (non-hydrogen) atoms. The number of carboxylic acid groups (broad SMARTS) is 1. The van der Waals surface area contributed by atoms with Crippen LogP contribution in [-0.2, 0) is 4.79 Å². The normalized spacial score (nSPS) is 12.7. The van der Waals surface area contributed by atoms with Crippen molar-refractivity contribution < 1.29 is 32.3 Å². The van der Waals surface area contributed by atoms with Gasteiger partial charge >= 0.3 is 12.1 Å². The van der Waals surface area contributed by atoms with Gasteiger partial charge in [0.1, 0.15) is 11.9 Å². The Balaban J connectivity index is 2.21. The van der Waals surface area contributed by atoms with Gasteiger partial charge in [0.05, 0.1) is 11.3 Å². The molecule has 9 heteroatoms. The molecule has 0 bridgehead atoms. The number of carboxylic acids is 1. The van der Waals surface area contributed by atoms with E-state index in [-0.39, 0.29) is 4.88 Å². The molecule has 0 saturated heterocycles. The standard InChI is InChI=1S/C16H13F4NO3S/c1-8-6-12(25-13(8)9-2-4-10(17)5-3-9)14(22)21-11(15(23)24)7-16(18,19)20/h2-6,11H,7H2,1H3,(H,21,22)(H,23,24). The molecule has 2 rings (SSSR count). The molecule has 0 saturated carbocycles. The maximum Gasteiger partial charge on any atom is 0.391 e. The van der Waals surface area contributed by atoms with Gasteiger partial charge in [0.15, 0.2) is 0 Å². The Morgan fingerprint density at radius 1 is 1.24 bits per heavy atom. The first-order valence-corrected chi connectivity index (χ1v) is 7.85. The second-order valence-corrected chi connectivity index (χ2v) is 6.37. The fourth-order valence-electron chi connectivity index (χ4n) is 2.14. The Morgan fingerprint density at radius 3 is 2.36 bits per heavy atom. The van der Waals surface area contributed by atoms with E-state index in [9.17, 15) is 27.2 Å². The minimum absolute atomic E-state index is 0.0743. The van der Waals surface area contributed by atoms with Crippen LogP contribution in [0.15, 0.2) is 30.3 Å². The van der Waals surface area contributed by atoms with E-state index in [0.29, 0.717) is 16.0 Å². The molecular formula is C16H13F4NO3S. The molecule has 1 atom stereocenters. The zero-order valence-corrected chi connectivity index (χ0v) is 13.7. The summed E-state index contributed by atoms with van der Waals surface area (Å²) in [6.07, 6.45) is -6.38. The molecule has 0 fully saturated rings. The summed E-state index contributed by atoms with van der Waals surface area (Å²) >= 11 is 0.990. The topological polar surface area (TPSA) is 66.4 Å². The number of thiophene rings is 1. The van der Waals surface area contributed by atoms with Crippen LogP contribution in [-0.4, -0.2) is 29.2 Å². The van der Waals surface area contributed by atoms with Gasteiger partial charge in [0, 0.05) is 4.88 Å². The van der Waals surface area contributed by atoms with Crippen LogP contribution in [0.1, 0.15) is 21.7 Å². The van der Waals surface area contributed by atoms with E-state index >= 15 is 0 Å². The fourth-order valence-corrected chi connectivity index (χ4v) is 3.22. The zero-order chi connectivity index (χ0) is 18.8. The van der Waals surface area contributed by atoms with Crippen molar-refractivity contribution >= 4 is 23.2 Å². The number of amides is 1. The predicted octanol–water partition coefficient (Wildman–Crippen LogP) is 4.00. The Kier molecular flexibility index (Phi) is 5.46. The number of hydrogen-bond donors (Lipinski definition) is 2. The lowest BCUT2D eigenvalue weighted by Crippen LogP contribution is -2.43. The smallest absolute Gasteiger partial charge is 0.391 e. The number of carbonyl (C=O) groups is 2. The second kappa shape index (κ2) is 7.22. The van der Waals surface area contributed by atoms with Crippen molar-refractivity contribution in [2.24, 2.45) is 0 Å². The van der Waals surface area contributed by atoms with E-state index in [4.69, 9.17) is 5.11 Å². The lowest BCUT2D eigenvalue weighted by Gasteiger charge is -2.15. The van der Waals surface area contributed by atoms with Crippen molar-refractivity contribution in [1.29, 1.82) is 0 Å². The van der Waals surface area contributed by atoms with Gasteiger partial charge in [0.2, 0.25) is 0 Å². The second-order valence-electron chi connectivity index (χ2n) is 5.31. The summed E-state index contributed by atoms with van der Waals surface area (Å²) in [5, 5.41) is 10.7. The third-order valence-corrected chi connectivity index (χ3v) is 4.57. The number of nitrogens with one attached hydrogen (secondary N) is 1. The van der Waals surface area contributed by atoms with Gasteiger partial charge in [-0.25, -0.2) is 9.18 Å². The van der Waals surface area contributed by atoms with Gasteiger partial charge in [0.25, 0.3) is 5.91 Å². The highest BCUT2D eigenvalue weighted by Gasteiger charge is 2.36. The molecule has 1 heterocycles. The quantitative estimate of drug-likeness (QED) is 0.777. The number of aliphatic carboxylic acids is 1. The van der Waals surface area contributed by atoms with Gasteiger partial charge in [-0.1, -0.05) is 12.1 Å². The van der Waals surface area contributed by atoms with E-state index in [1.165, 1.54) is 30.3 Å². The lowest BCUT2D eigenvalue weighted by molar-refractivity contribution is -0.157.